The fourth-order valence-electron chi connectivity index (χ4n) is 1.47. The lowest BCUT2D eigenvalue weighted by atomic mass is 10.1. The van der Waals surface area contributed by atoms with Gasteiger partial charge in [-0.25, -0.2) is 14.8 Å². The van der Waals surface area contributed by atoms with Gasteiger partial charge in [-0.2, -0.15) is 0 Å². The van der Waals surface area contributed by atoms with Crippen molar-refractivity contribution in [1.29, 1.82) is 0 Å². The highest BCUT2D eigenvalue weighted by Gasteiger charge is 2.08. The van der Waals surface area contributed by atoms with Gasteiger partial charge in [-0.1, -0.05) is 11.6 Å². The van der Waals surface area contributed by atoms with Crippen LogP contribution in [0.3, 0.4) is 0 Å². The van der Waals surface area contributed by atoms with E-state index in [1.807, 2.05) is 0 Å². The van der Waals surface area contributed by atoms with E-state index in [2.05, 4.69) is 14.7 Å². The van der Waals surface area contributed by atoms with Gasteiger partial charge in [-0.15, -0.1) is 0 Å². The Balaban J connectivity index is 2.36. The van der Waals surface area contributed by atoms with Gasteiger partial charge in [0.05, 0.1) is 17.8 Å². The average molecular weight is 281 g/mol. The fourth-order valence-corrected chi connectivity index (χ4v) is 1.73. The van der Waals surface area contributed by atoms with Crippen LogP contribution in [-0.4, -0.2) is 28.3 Å². The van der Waals surface area contributed by atoms with Crippen LogP contribution in [0.15, 0.2) is 30.6 Å². The Morgan fingerprint density at radius 1 is 1.32 bits per heavy atom. The zero-order valence-corrected chi connectivity index (χ0v) is 10.6. The van der Waals surface area contributed by atoms with E-state index in [0.29, 0.717) is 22.0 Å². The number of halogens is 1. The number of aromatic nitrogens is 2. The molecule has 0 aliphatic heterocycles. The molecule has 19 heavy (non-hydrogen) atoms. The first-order chi connectivity index (χ1) is 9.10. The standard InChI is InChI=1S/C12H9ClN2O4/c1-18-10-3-2-7(4-8(10)13)9-5-11(15-6-14-9)19-12(16)17/h2-6H,1H3,(H,16,17). The van der Waals surface area contributed by atoms with Crippen molar-refractivity contribution < 1.29 is 19.4 Å². The van der Waals surface area contributed by atoms with Gasteiger partial charge in [-0.3, -0.25) is 0 Å². The molecule has 6 nitrogen and oxygen atoms in total. The maximum Gasteiger partial charge on any atom is 0.512 e. The number of hydrogen-bond donors (Lipinski definition) is 1. The van der Waals surface area contributed by atoms with Gasteiger partial charge in [-0.05, 0) is 18.2 Å². The van der Waals surface area contributed by atoms with E-state index in [0.717, 1.165) is 0 Å². The van der Waals surface area contributed by atoms with Gasteiger partial charge in [0.2, 0.25) is 5.88 Å². The molecule has 2 aromatic rings. The Hall–Kier alpha value is -2.34. The molecule has 0 fully saturated rings. The van der Waals surface area contributed by atoms with Crippen LogP contribution in [0.25, 0.3) is 11.3 Å². The highest BCUT2D eigenvalue weighted by atomic mass is 35.5. The number of carbonyl (C=O) groups is 1. The van der Waals surface area contributed by atoms with Crippen LogP contribution in [0, 0.1) is 0 Å². The highest BCUT2D eigenvalue weighted by molar-refractivity contribution is 6.32. The molecule has 0 bridgehead atoms. The largest absolute Gasteiger partial charge is 0.512 e. The number of ether oxygens (including phenoxy) is 2. The molecular formula is C12H9ClN2O4. The lowest BCUT2D eigenvalue weighted by Gasteiger charge is -2.06. The number of hydrogen-bond acceptors (Lipinski definition) is 5. The summed E-state index contributed by atoms with van der Waals surface area (Å²) in [5, 5.41) is 8.95. The molecule has 0 saturated carbocycles. The number of rotatable bonds is 3. The molecule has 7 heteroatoms. The summed E-state index contributed by atoms with van der Waals surface area (Å²) in [5.41, 5.74) is 1.19. The van der Waals surface area contributed by atoms with Crippen LogP contribution in [-0.2, 0) is 0 Å². The van der Waals surface area contributed by atoms with Crippen LogP contribution in [0.2, 0.25) is 5.02 Å². The first-order valence-electron chi connectivity index (χ1n) is 5.17. The van der Waals surface area contributed by atoms with Crippen LogP contribution in [0.5, 0.6) is 11.6 Å². The van der Waals surface area contributed by atoms with Crippen molar-refractivity contribution in [3.63, 3.8) is 0 Å². The zero-order valence-electron chi connectivity index (χ0n) is 9.83. The Bertz CT molecular complexity index is 618. The number of carboxylic acid groups (broad SMARTS) is 1. The molecule has 0 amide bonds. The van der Waals surface area contributed by atoms with Crippen molar-refractivity contribution in [2.75, 3.05) is 7.11 Å². The van der Waals surface area contributed by atoms with Crippen molar-refractivity contribution in [2.45, 2.75) is 0 Å². The molecule has 2 rings (SSSR count). The van der Waals surface area contributed by atoms with E-state index in [-0.39, 0.29) is 5.88 Å². The van der Waals surface area contributed by atoms with Crippen molar-refractivity contribution in [1.82, 2.24) is 9.97 Å². The summed E-state index contributed by atoms with van der Waals surface area (Å²) < 4.78 is 9.50. The number of benzene rings is 1. The Morgan fingerprint density at radius 3 is 2.74 bits per heavy atom. The van der Waals surface area contributed by atoms with E-state index in [4.69, 9.17) is 21.4 Å². The quantitative estimate of drug-likeness (QED) is 0.871. The Labute approximate surface area is 113 Å². The third-order valence-corrected chi connectivity index (χ3v) is 2.58. The Morgan fingerprint density at radius 2 is 2.11 bits per heavy atom. The predicted molar refractivity (Wildman–Crippen MR) is 67.7 cm³/mol. The first kappa shape index (κ1) is 13.1. The van der Waals surface area contributed by atoms with Crippen molar-refractivity contribution >= 4 is 17.8 Å². The lowest BCUT2D eigenvalue weighted by Crippen LogP contribution is -2.04. The summed E-state index contributed by atoms with van der Waals surface area (Å²) >= 11 is 6.01. The van der Waals surface area contributed by atoms with Gasteiger partial charge in [0.1, 0.15) is 12.1 Å². The van der Waals surface area contributed by atoms with E-state index in [9.17, 15) is 4.79 Å². The maximum absolute atomic E-state index is 10.4. The molecule has 98 valence electrons. The third-order valence-electron chi connectivity index (χ3n) is 2.28. The molecule has 0 spiro atoms. The minimum absolute atomic E-state index is 0.0514. The predicted octanol–water partition coefficient (Wildman–Crippen LogP) is 2.86. The molecule has 0 saturated heterocycles. The monoisotopic (exact) mass is 280 g/mol. The molecule has 1 aromatic heterocycles. The lowest BCUT2D eigenvalue weighted by molar-refractivity contribution is 0.142. The van der Waals surface area contributed by atoms with Crippen LogP contribution >= 0.6 is 11.6 Å². The van der Waals surface area contributed by atoms with Crippen LogP contribution < -0.4 is 9.47 Å². The highest BCUT2D eigenvalue weighted by Crippen LogP contribution is 2.29. The van der Waals surface area contributed by atoms with E-state index in [1.54, 1.807) is 18.2 Å². The van der Waals surface area contributed by atoms with Gasteiger partial charge in [0.15, 0.2) is 0 Å². The van der Waals surface area contributed by atoms with Crippen molar-refractivity contribution in [3.05, 3.63) is 35.6 Å². The summed E-state index contributed by atoms with van der Waals surface area (Å²) in [4.78, 5) is 18.2. The summed E-state index contributed by atoms with van der Waals surface area (Å²) in [6, 6.07) is 6.51. The van der Waals surface area contributed by atoms with Gasteiger partial charge < -0.3 is 14.6 Å². The van der Waals surface area contributed by atoms with E-state index in [1.165, 1.54) is 19.5 Å². The molecule has 0 radical (unpaired) electrons. The van der Waals surface area contributed by atoms with Crippen LogP contribution in [0.4, 0.5) is 4.79 Å². The summed E-state index contributed by atoms with van der Waals surface area (Å²) in [7, 11) is 1.52. The zero-order chi connectivity index (χ0) is 13.8. The van der Waals surface area contributed by atoms with E-state index < -0.39 is 6.16 Å². The van der Waals surface area contributed by atoms with Gasteiger partial charge >= 0.3 is 6.16 Å². The van der Waals surface area contributed by atoms with Crippen molar-refractivity contribution in [3.8, 4) is 22.9 Å². The van der Waals surface area contributed by atoms with Crippen molar-refractivity contribution in [2.24, 2.45) is 0 Å². The summed E-state index contributed by atoms with van der Waals surface area (Å²) in [5.74, 6) is 0.492. The van der Waals surface area contributed by atoms with Gasteiger partial charge in [0, 0.05) is 11.6 Å². The SMILES string of the molecule is COc1ccc(-c2cc(OC(=O)O)ncn2)cc1Cl. The second kappa shape index (κ2) is 5.53. The molecule has 1 heterocycles. The smallest absolute Gasteiger partial charge is 0.495 e. The Kier molecular flexibility index (Phi) is 3.82. The molecule has 0 unspecified atom stereocenters. The molecule has 1 N–H and O–H groups in total. The molecule has 1 aromatic carbocycles. The topological polar surface area (TPSA) is 81.5 Å². The minimum atomic E-state index is -1.43. The number of methoxy groups -OCH3 is 1. The second-order valence-corrected chi connectivity index (χ2v) is 3.87. The fraction of sp³-hybridized carbons (Fsp3) is 0.0833. The summed E-state index contributed by atoms with van der Waals surface area (Å²) in [6.07, 6.45) is -0.219. The summed E-state index contributed by atoms with van der Waals surface area (Å²) in [6.45, 7) is 0. The van der Waals surface area contributed by atoms with Crippen LogP contribution in [0.1, 0.15) is 0 Å². The number of nitrogens with zero attached hydrogens (tertiary/aromatic N) is 2. The third kappa shape index (κ3) is 3.11. The van der Waals surface area contributed by atoms with Gasteiger partial charge in [0.25, 0.3) is 0 Å². The first-order valence-corrected chi connectivity index (χ1v) is 5.54. The second-order valence-electron chi connectivity index (χ2n) is 3.46. The normalized spacial score (nSPS) is 10.0. The minimum Gasteiger partial charge on any atom is -0.495 e. The average Bonchev–Trinajstić information content (AvgIpc) is 2.38. The molecule has 0 aliphatic carbocycles. The maximum atomic E-state index is 10.4. The molecule has 0 atom stereocenters. The molecule has 0 aliphatic rings. The molecular weight excluding hydrogens is 272 g/mol. The van der Waals surface area contributed by atoms with E-state index >= 15 is 0 Å².